The average molecular weight is 625 g/mol. The van der Waals surface area contributed by atoms with E-state index < -0.39 is 11.4 Å². The van der Waals surface area contributed by atoms with Gasteiger partial charge in [-0.2, -0.15) is 0 Å². The number of benzene rings is 2. The third-order valence-electron chi connectivity index (χ3n) is 8.60. The molecule has 1 amide bonds. The summed E-state index contributed by atoms with van der Waals surface area (Å²) in [7, 11) is 0. The summed E-state index contributed by atoms with van der Waals surface area (Å²) in [6.45, 7) is 22.1. The van der Waals surface area contributed by atoms with Gasteiger partial charge in [-0.3, -0.25) is 9.78 Å². The first-order chi connectivity index (χ1) is 21.7. The van der Waals surface area contributed by atoms with Crippen molar-refractivity contribution in [2.75, 3.05) is 26.2 Å². The van der Waals surface area contributed by atoms with Gasteiger partial charge in [0, 0.05) is 25.0 Å². The summed E-state index contributed by atoms with van der Waals surface area (Å²) in [5, 5.41) is 13.9. The third-order valence-corrected chi connectivity index (χ3v) is 8.60. The van der Waals surface area contributed by atoms with Crippen LogP contribution in [0.15, 0.2) is 54.7 Å². The van der Waals surface area contributed by atoms with Gasteiger partial charge >= 0.3 is 5.97 Å². The highest BCUT2D eigenvalue weighted by molar-refractivity contribution is 5.93. The minimum absolute atomic E-state index is 0.111. The molecule has 3 N–H and O–H groups in total. The number of aryl methyl sites for hydroxylation is 2. The topological polar surface area (TPSA) is 98.3 Å². The Morgan fingerprint density at radius 2 is 1.54 bits per heavy atom. The largest absolute Gasteiger partial charge is 0.478 e. The number of aromatic amines is 1. The van der Waals surface area contributed by atoms with Crippen molar-refractivity contribution in [1.29, 1.82) is 0 Å². The third kappa shape index (κ3) is 8.24. The molecule has 7 heteroatoms. The van der Waals surface area contributed by atoms with E-state index in [0.29, 0.717) is 17.4 Å². The lowest BCUT2D eigenvalue weighted by molar-refractivity contribution is -0.137. The summed E-state index contributed by atoms with van der Waals surface area (Å²) in [6, 6.07) is 15.8. The van der Waals surface area contributed by atoms with Crippen LogP contribution in [0.4, 0.5) is 0 Å². The van der Waals surface area contributed by atoms with Crippen molar-refractivity contribution in [2.45, 2.75) is 80.1 Å². The number of carboxylic acids is 1. The van der Waals surface area contributed by atoms with Crippen LogP contribution in [0.1, 0.15) is 92.7 Å². The molecule has 0 radical (unpaired) electrons. The van der Waals surface area contributed by atoms with Gasteiger partial charge in [0.25, 0.3) is 0 Å². The molecule has 4 aromatic rings. The van der Waals surface area contributed by atoms with E-state index in [9.17, 15) is 14.7 Å². The van der Waals surface area contributed by atoms with Crippen molar-refractivity contribution in [1.82, 2.24) is 20.2 Å². The van der Waals surface area contributed by atoms with E-state index in [1.54, 1.807) is 12.1 Å². The molecule has 7 nitrogen and oxygen atoms in total. The predicted molar refractivity (Wildman–Crippen MR) is 189 cm³/mol. The van der Waals surface area contributed by atoms with Gasteiger partial charge in [-0.15, -0.1) is 0 Å². The number of nitrogens with zero attached hydrogens (tertiary/aromatic N) is 2. The maximum atomic E-state index is 14.1. The van der Waals surface area contributed by atoms with E-state index in [1.165, 1.54) is 16.7 Å². The second-order valence-corrected chi connectivity index (χ2v) is 14.4. The highest BCUT2D eigenvalue weighted by Crippen LogP contribution is 2.38. The Labute approximate surface area is 274 Å². The standard InChI is InChI=1S/C39H52N4O3/c1-24(2)22-43(23-25(3)4)38(46)39(8,9)34-19-32-33(21-41-34)42-36(31-17-26(5)16-27(6)18-31)35(32)28(7)20-40-15-14-29-10-12-30(13-11-29)37(44)45/h10-13,16-19,21,24-25,28,40,42H,14-15,20,22-23H2,1-9H3,(H,44,45)/t28-/m1/s1. The highest BCUT2D eigenvalue weighted by Gasteiger charge is 2.36. The Morgan fingerprint density at radius 1 is 0.935 bits per heavy atom. The van der Waals surface area contributed by atoms with Crippen LogP contribution in [-0.2, 0) is 16.6 Å². The van der Waals surface area contributed by atoms with E-state index in [2.05, 4.69) is 83.0 Å². The molecule has 2 heterocycles. The fraction of sp³-hybridized carbons (Fsp3) is 0.462. The van der Waals surface area contributed by atoms with Crippen molar-refractivity contribution < 1.29 is 14.7 Å². The van der Waals surface area contributed by atoms with Crippen molar-refractivity contribution in [3.63, 3.8) is 0 Å². The summed E-state index contributed by atoms with van der Waals surface area (Å²) < 4.78 is 0. The number of carbonyl (C=O) groups is 2. The minimum Gasteiger partial charge on any atom is -0.478 e. The van der Waals surface area contributed by atoms with Crippen LogP contribution in [0.25, 0.3) is 22.2 Å². The first kappa shape index (κ1) is 34.9. The van der Waals surface area contributed by atoms with E-state index in [4.69, 9.17) is 4.98 Å². The Kier molecular flexibility index (Phi) is 11.1. The number of hydrogen-bond acceptors (Lipinski definition) is 4. The summed E-state index contributed by atoms with van der Waals surface area (Å²) in [5.41, 5.74) is 8.21. The molecule has 0 fully saturated rings. The number of carbonyl (C=O) groups excluding carboxylic acids is 1. The molecule has 0 unspecified atom stereocenters. The Morgan fingerprint density at radius 3 is 2.11 bits per heavy atom. The van der Waals surface area contributed by atoms with Crippen molar-refractivity contribution in [3.05, 3.63) is 88.2 Å². The number of aromatic carboxylic acids is 1. The van der Waals surface area contributed by atoms with Gasteiger partial charge in [0.2, 0.25) is 5.91 Å². The van der Waals surface area contributed by atoms with Crippen LogP contribution in [0, 0.1) is 25.7 Å². The van der Waals surface area contributed by atoms with Crippen molar-refractivity contribution in [2.24, 2.45) is 11.8 Å². The van der Waals surface area contributed by atoms with Crippen LogP contribution < -0.4 is 5.32 Å². The summed E-state index contributed by atoms with van der Waals surface area (Å²) >= 11 is 0. The molecule has 2 aromatic carbocycles. The smallest absolute Gasteiger partial charge is 0.335 e. The molecule has 0 aliphatic rings. The highest BCUT2D eigenvalue weighted by atomic mass is 16.4. The molecule has 0 spiro atoms. The quantitative estimate of drug-likeness (QED) is 0.124. The van der Waals surface area contributed by atoms with Crippen LogP contribution >= 0.6 is 0 Å². The maximum absolute atomic E-state index is 14.1. The van der Waals surface area contributed by atoms with Gasteiger partial charge in [0.15, 0.2) is 0 Å². The Balaban J connectivity index is 1.67. The van der Waals surface area contributed by atoms with Crippen LogP contribution in [0.3, 0.4) is 0 Å². The fourth-order valence-electron chi connectivity index (χ4n) is 6.41. The first-order valence-electron chi connectivity index (χ1n) is 16.6. The molecule has 0 saturated heterocycles. The normalized spacial score (nSPS) is 12.7. The van der Waals surface area contributed by atoms with Crippen LogP contribution in [0.2, 0.25) is 0 Å². The number of rotatable bonds is 14. The van der Waals surface area contributed by atoms with Crippen molar-refractivity contribution in [3.8, 4) is 11.3 Å². The molecule has 2 aromatic heterocycles. The molecule has 1 atom stereocenters. The molecule has 46 heavy (non-hydrogen) atoms. The second-order valence-electron chi connectivity index (χ2n) is 14.4. The predicted octanol–water partition coefficient (Wildman–Crippen LogP) is 7.90. The number of amides is 1. The lowest BCUT2D eigenvalue weighted by Crippen LogP contribution is -2.46. The zero-order chi connectivity index (χ0) is 33.8. The van der Waals surface area contributed by atoms with E-state index in [1.807, 2.05) is 37.1 Å². The maximum Gasteiger partial charge on any atom is 0.335 e. The zero-order valence-corrected chi connectivity index (χ0v) is 29.1. The van der Waals surface area contributed by atoms with Gasteiger partial charge in [-0.05, 0) is 105 Å². The van der Waals surface area contributed by atoms with Gasteiger partial charge in [-0.25, -0.2) is 4.79 Å². The lowest BCUT2D eigenvalue weighted by atomic mass is 9.85. The van der Waals surface area contributed by atoms with Gasteiger partial charge in [-0.1, -0.05) is 63.9 Å². The molecule has 0 saturated carbocycles. The minimum atomic E-state index is -0.911. The summed E-state index contributed by atoms with van der Waals surface area (Å²) in [5.74, 6) is 0.114. The number of carboxylic acid groups (broad SMARTS) is 1. The molecular formula is C39H52N4O3. The van der Waals surface area contributed by atoms with E-state index in [-0.39, 0.29) is 11.8 Å². The number of pyridine rings is 1. The lowest BCUT2D eigenvalue weighted by Gasteiger charge is -2.34. The molecule has 4 rings (SSSR count). The van der Waals surface area contributed by atoms with Crippen LogP contribution in [-0.4, -0.2) is 58.0 Å². The van der Waals surface area contributed by atoms with Gasteiger partial charge in [0.05, 0.1) is 34.1 Å². The van der Waals surface area contributed by atoms with Gasteiger partial charge in [0.1, 0.15) is 0 Å². The first-order valence-corrected chi connectivity index (χ1v) is 16.6. The summed E-state index contributed by atoms with van der Waals surface area (Å²) in [6.07, 6.45) is 2.70. The number of nitrogens with one attached hydrogen (secondary N) is 2. The van der Waals surface area contributed by atoms with Gasteiger partial charge < -0.3 is 20.3 Å². The number of hydrogen-bond donors (Lipinski definition) is 3. The average Bonchev–Trinajstić information content (AvgIpc) is 3.37. The zero-order valence-electron chi connectivity index (χ0n) is 29.1. The van der Waals surface area contributed by atoms with E-state index >= 15 is 0 Å². The Hall–Kier alpha value is -3.97. The monoisotopic (exact) mass is 624 g/mol. The van der Waals surface area contributed by atoms with Crippen molar-refractivity contribution >= 4 is 22.8 Å². The number of aromatic nitrogens is 2. The molecule has 0 aliphatic heterocycles. The summed E-state index contributed by atoms with van der Waals surface area (Å²) in [4.78, 5) is 35.9. The fourth-order valence-corrected chi connectivity index (χ4v) is 6.41. The SMILES string of the molecule is Cc1cc(C)cc(-c2[nH]c3cnc(C(C)(C)C(=O)N(CC(C)C)CC(C)C)cc3c2[C@H](C)CNCCc2ccc(C(=O)O)cc2)c1. The molecule has 0 bridgehead atoms. The number of fused-ring (bicyclic) bond motifs is 1. The van der Waals surface area contributed by atoms with E-state index in [0.717, 1.165) is 66.0 Å². The number of H-pyrrole nitrogens is 1. The molecular weight excluding hydrogens is 572 g/mol. The molecule has 0 aliphatic carbocycles. The second kappa shape index (κ2) is 14.6. The molecule has 246 valence electrons. The Bertz CT molecular complexity index is 1640. The van der Waals surface area contributed by atoms with Crippen LogP contribution in [0.5, 0.6) is 0 Å².